The van der Waals surface area contributed by atoms with Crippen molar-refractivity contribution < 1.29 is 4.79 Å². The van der Waals surface area contributed by atoms with Crippen LogP contribution >= 0.6 is 11.3 Å². The number of nitrogens with zero attached hydrogens (tertiary/aromatic N) is 1. The number of aromatic nitrogens is 1. The van der Waals surface area contributed by atoms with Crippen LogP contribution in [-0.4, -0.2) is 16.9 Å². The molecule has 2 N–H and O–H groups in total. The normalized spacial score (nSPS) is 21.1. The van der Waals surface area contributed by atoms with Crippen molar-refractivity contribution >= 4 is 28.1 Å². The topological polar surface area (TPSA) is 54.0 Å². The molecule has 5 heteroatoms. The standard InChI is InChI=1S/C18H21N3OS/c1-11-14-9-12(7-8-15(14)20-17(11)22)16-10-23-18(21-16)19-13-5-3-2-4-6-13/h7-11,13H,2-6H2,1H3,(H,19,21)(H,20,22). The Hall–Kier alpha value is -1.88. The highest BCUT2D eigenvalue weighted by Crippen LogP contribution is 2.36. The van der Waals surface area contributed by atoms with E-state index in [1.807, 2.05) is 19.1 Å². The van der Waals surface area contributed by atoms with E-state index in [-0.39, 0.29) is 11.8 Å². The Bertz CT molecular complexity index is 734. The molecule has 0 saturated heterocycles. The quantitative estimate of drug-likeness (QED) is 0.865. The van der Waals surface area contributed by atoms with Crippen LogP contribution in [0.2, 0.25) is 0 Å². The van der Waals surface area contributed by atoms with Gasteiger partial charge in [-0.15, -0.1) is 11.3 Å². The Morgan fingerprint density at radius 3 is 2.91 bits per heavy atom. The number of hydrogen-bond donors (Lipinski definition) is 2. The van der Waals surface area contributed by atoms with Gasteiger partial charge in [-0.1, -0.05) is 25.3 Å². The Morgan fingerprint density at radius 1 is 1.26 bits per heavy atom. The van der Waals surface area contributed by atoms with Crippen molar-refractivity contribution in [3.63, 3.8) is 0 Å². The molecule has 1 aromatic heterocycles. The molecule has 2 heterocycles. The number of thiazole rings is 1. The van der Waals surface area contributed by atoms with Crippen LogP contribution in [0.25, 0.3) is 11.3 Å². The van der Waals surface area contributed by atoms with Crippen molar-refractivity contribution in [2.75, 3.05) is 10.6 Å². The van der Waals surface area contributed by atoms with E-state index in [1.165, 1.54) is 32.1 Å². The lowest BCUT2D eigenvalue weighted by Crippen LogP contribution is -2.21. The predicted molar refractivity (Wildman–Crippen MR) is 95.1 cm³/mol. The Morgan fingerprint density at radius 2 is 2.09 bits per heavy atom. The van der Waals surface area contributed by atoms with E-state index in [9.17, 15) is 4.79 Å². The summed E-state index contributed by atoms with van der Waals surface area (Å²) >= 11 is 1.67. The smallest absolute Gasteiger partial charge is 0.231 e. The number of fused-ring (bicyclic) bond motifs is 1. The van der Waals surface area contributed by atoms with Gasteiger partial charge in [0.25, 0.3) is 0 Å². The van der Waals surface area contributed by atoms with Gasteiger partial charge in [0.05, 0.1) is 11.6 Å². The highest BCUT2D eigenvalue weighted by Gasteiger charge is 2.26. The zero-order valence-electron chi connectivity index (χ0n) is 13.3. The van der Waals surface area contributed by atoms with Crippen LogP contribution in [0, 0.1) is 0 Å². The van der Waals surface area contributed by atoms with Crippen molar-refractivity contribution in [1.82, 2.24) is 4.98 Å². The van der Waals surface area contributed by atoms with Crippen LogP contribution in [0.1, 0.15) is 50.5 Å². The minimum absolute atomic E-state index is 0.0788. The van der Waals surface area contributed by atoms with E-state index >= 15 is 0 Å². The molecule has 4 nitrogen and oxygen atoms in total. The van der Waals surface area contributed by atoms with Crippen LogP contribution in [0.3, 0.4) is 0 Å². The molecule has 4 rings (SSSR count). The van der Waals surface area contributed by atoms with Gasteiger partial charge >= 0.3 is 0 Å². The minimum Gasteiger partial charge on any atom is -0.359 e. The number of carbonyl (C=O) groups is 1. The summed E-state index contributed by atoms with van der Waals surface area (Å²) in [4.78, 5) is 16.5. The average Bonchev–Trinajstić information content (AvgIpc) is 3.14. The van der Waals surface area contributed by atoms with E-state index < -0.39 is 0 Å². The lowest BCUT2D eigenvalue weighted by molar-refractivity contribution is -0.116. The molecular weight excluding hydrogens is 306 g/mol. The number of carbonyl (C=O) groups excluding carboxylic acids is 1. The lowest BCUT2D eigenvalue weighted by Gasteiger charge is -2.22. The molecule has 1 saturated carbocycles. The van der Waals surface area contributed by atoms with Crippen molar-refractivity contribution in [3.05, 3.63) is 29.1 Å². The number of benzene rings is 1. The summed E-state index contributed by atoms with van der Waals surface area (Å²) in [5, 5.41) is 9.60. The van der Waals surface area contributed by atoms with Gasteiger partial charge < -0.3 is 10.6 Å². The van der Waals surface area contributed by atoms with Crippen LogP contribution in [0.4, 0.5) is 10.8 Å². The largest absolute Gasteiger partial charge is 0.359 e. The molecule has 1 amide bonds. The van der Waals surface area contributed by atoms with Crippen LogP contribution in [0.15, 0.2) is 23.6 Å². The summed E-state index contributed by atoms with van der Waals surface area (Å²) in [5.41, 5.74) is 4.08. The highest BCUT2D eigenvalue weighted by molar-refractivity contribution is 7.14. The second kappa shape index (κ2) is 5.96. The number of hydrogen-bond acceptors (Lipinski definition) is 4. The maximum atomic E-state index is 11.8. The third kappa shape index (κ3) is 2.85. The fourth-order valence-electron chi connectivity index (χ4n) is 3.47. The number of amides is 1. The first-order valence-corrected chi connectivity index (χ1v) is 9.26. The molecule has 23 heavy (non-hydrogen) atoms. The summed E-state index contributed by atoms with van der Waals surface area (Å²) in [6, 6.07) is 6.69. The van der Waals surface area contributed by atoms with Gasteiger partial charge in [-0.2, -0.15) is 0 Å². The molecule has 0 radical (unpaired) electrons. The SMILES string of the molecule is CC1C(=O)Nc2ccc(-c3csc(NC4CCCCC4)n3)cc21. The fourth-order valence-corrected chi connectivity index (χ4v) is 4.27. The van der Waals surface area contributed by atoms with Gasteiger partial charge in [0, 0.05) is 22.7 Å². The first-order valence-electron chi connectivity index (χ1n) is 8.38. The maximum Gasteiger partial charge on any atom is 0.231 e. The van der Waals surface area contributed by atoms with Gasteiger partial charge in [0.1, 0.15) is 0 Å². The summed E-state index contributed by atoms with van der Waals surface area (Å²) in [7, 11) is 0. The van der Waals surface area contributed by atoms with Gasteiger partial charge in [-0.05, 0) is 37.5 Å². The third-order valence-electron chi connectivity index (χ3n) is 4.90. The first-order chi connectivity index (χ1) is 11.2. The summed E-state index contributed by atoms with van der Waals surface area (Å²) in [6.45, 7) is 1.95. The van der Waals surface area contributed by atoms with E-state index in [0.717, 1.165) is 27.6 Å². The van der Waals surface area contributed by atoms with Gasteiger partial charge in [-0.25, -0.2) is 4.98 Å². The Kier molecular flexibility index (Phi) is 3.81. The van der Waals surface area contributed by atoms with E-state index in [0.29, 0.717) is 6.04 Å². The predicted octanol–water partition coefficient (Wildman–Crippen LogP) is 4.61. The molecule has 2 aromatic rings. The minimum atomic E-state index is -0.0802. The molecule has 120 valence electrons. The van der Waals surface area contributed by atoms with E-state index in [1.54, 1.807) is 11.3 Å². The van der Waals surface area contributed by atoms with Gasteiger partial charge in [0.15, 0.2) is 5.13 Å². The molecule has 1 fully saturated rings. The van der Waals surface area contributed by atoms with Gasteiger partial charge in [-0.3, -0.25) is 4.79 Å². The maximum absolute atomic E-state index is 11.8. The second-order valence-corrected chi connectivity index (χ2v) is 7.39. The number of nitrogens with one attached hydrogen (secondary N) is 2. The lowest BCUT2D eigenvalue weighted by atomic mass is 9.96. The van der Waals surface area contributed by atoms with Crippen molar-refractivity contribution in [3.8, 4) is 11.3 Å². The highest BCUT2D eigenvalue weighted by atomic mass is 32.1. The van der Waals surface area contributed by atoms with Crippen molar-refractivity contribution in [2.45, 2.75) is 51.0 Å². The molecule has 1 aliphatic heterocycles. The fraction of sp³-hybridized carbons (Fsp3) is 0.444. The zero-order chi connectivity index (χ0) is 15.8. The van der Waals surface area contributed by atoms with Crippen LogP contribution in [-0.2, 0) is 4.79 Å². The van der Waals surface area contributed by atoms with E-state index in [2.05, 4.69) is 22.1 Å². The Labute approximate surface area is 140 Å². The summed E-state index contributed by atoms with van der Waals surface area (Å²) in [6.07, 6.45) is 6.50. The number of rotatable bonds is 3. The Balaban J connectivity index is 1.54. The first kappa shape index (κ1) is 14.7. The molecular formula is C18H21N3OS. The molecule has 1 aliphatic carbocycles. The van der Waals surface area contributed by atoms with Crippen LogP contribution < -0.4 is 10.6 Å². The van der Waals surface area contributed by atoms with E-state index in [4.69, 9.17) is 4.98 Å². The second-order valence-electron chi connectivity index (χ2n) is 6.53. The van der Waals surface area contributed by atoms with Crippen molar-refractivity contribution in [1.29, 1.82) is 0 Å². The number of anilines is 2. The molecule has 1 atom stereocenters. The zero-order valence-corrected chi connectivity index (χ0v) is 14.1. The third-order valence-corrected chi connectivity index (χ3v) is 5.68. The van der Waals surface area contributed by atoms with Crippen molar-refractivity contribution in [2.24, 2.45) is 0 Å². The molecule has 0 spiro atoms. The molecule has 1 aromatic carbocycles. The average molecular weight is 327 g/mol. The monoisotopic (exact) mass is 327 g/mol. The summed E-state index contributed by atoms with van der Waals surface area (Å²) < 4.78 is 0. The molecule has 1 unspecified atom stereocenters. The molecule has 0 bridgehead atoms. The van der Waals surface area contributed by atoms with Crippen LogP contribution in [0.5, 0.6) is 0 Å². The van der Waals surface area contributed by atoms with Gasteiger partial charge in [0.2, 0.25) is 5.91 Å². The molecule has 2 aliphatic rings. The summed E-state index contributed by atoms with van der Waals surface area (Å²) in [5.74, 6) is -0.00139.